The van der Waals surface area contributed by atoms with Crippen molar-refractivity contribution in [1.29, 1.82) is 0 Å². The third-order valence-electron chi connectivity index (χ3n) is 5.11. The number of methoxy groups -OCH3 is 1. The molecule has 9 heteroatoms. The predicted octanol–water partition coefficient (Wildman–Crippen LogP) is 4.80. The number of benzene rings is 2. The summed E-state index contributed by atoms with van der Waals surface area (Å²) in [5.41, 5.74) is -3.16. The van der Waals surface area contributed by atoms with E-state index in [1.54, 1.807) is 43.4 Å². The van der Waals surface area contributed by atoms with E-state index in [4.69, 9.17) is 4.74 Å². The number of rotatable bonds is 9. The van der Waals surface area contributed by atoms with Crippen LogP contribution >= 0.6 is 0 Å². The zero-order valence-corrected chi connectivity index (χ0v) is 18.8. The maximum atomic E-state index is 14.0. The summed E-state index contributed by atoms with van der Waals surface area (Å²) in [6.07, 6.45) is -4.15. The molecule has 0 spiro atoms. The minimum absolute atomic E-state index is 0.237. The lowest BCUT2D eigenvalue weighted by Crippen LogP contribution is -2.53. The lowest BCUT2D eigenvalue weighted by molar-refractivity contribution is -0.260. The highest BCUT2D eigenvalue weighted by atomic mass is 19.4. The maximum Gasteiger partial charge on any atom is 0.418 e. The summed E-state index contributed by atoms with van der Waals surface area (Å²) in [6.45, 7) is 2.22. The van der Waals surface area contributed by atoms with Gasteiger partial charge in [0.15, 0.2) is 5.60 Å². The van der Waals surface area contributed by atoms with Gasteiger partial charge in [-0.1, -0.05) is 32.0 Å². The van der Waals surface area contributed by atoms with Gasteiger partial charge in [0.1, 0.15) is 11.6 Å². The fraction of sp³-hybridized carbons (Fsp3) is 0.435. The average Bonchev–Trinajstić information content (AvgIpc) is 2.70. The molecule has 0 aliphatic heterocycles. The standard InChI is InChI=1S/C23H29F4N3O2/c1-21(2,18-12-17(24)10-11-20(18)32-5)14-22(31,23(25,26)27)15-28-19-9-7-6-8-16(19)13-29-30(3)4/h6-13,28,31H,14-15H2,1-5H3/b29-13-. The van der Waals surface area contributed by atoms with E-state index < -0.39 is 36.0 Å². The normalized spacial score (nSPS) is 14.3. The Kier molecular flexibility index (Phi) is 7.77. The monoisotopic (exact) mass is 455 g/mol. The topological polar surface area (TPSA) is 57.1 Å². The summed E-state index contributed by atoms with van der Waals surface area (Å²) in [5, 5.41) is 19.2. The van der Waals surface area contributed by atoms with E-state index in [9.17, 15) is 22.7 Å². The zero-order valence-electron chi connectivity index (χ0n) is 18.8. The molecule has 2 aromatic rings. The van der Waals surface area contributed by atoms with Crippen LogP contribution < -0.4 is 10.1 Å². The van der Waals surface area contributed by atoms with Crippen LogP contribution in [0.4, 0.5) is 23.2 Å². The van der Waals surface area contributed by atoms with E-state index in [-0.39, 0.29) is 11.3 Å². The van der Waals surface area contributed by atoms with Crippen molar-refractivity contribution in [2.75, 3.05) is 33.1 Å². The van der Waals surface area contributed by atoms with E-state index in [1.807, 2.05) is 0 Å². The molecule has 0 heterocycles. The molecule has 176 valence electrons. The van der Waals surface area contributed by atoms with Crippen LogP contribution in [0, 0.1) is 5.82 Å². The number of ether oxygens (including phenoxy) is 1. The quantitative estimate of drug-likeness (QED) is 0.324. The lowest BCUT2D eigenvalue weighted by Gasteiger charge is -2.38. The van der Waals surface area contributed by atoms with Gasteiger partial charge in [0.25, 0.3) is 0 Å². The fourth-order valence-electron chi connectivity index (χ4n) is 3.49. The van der Waals surface area contributed by atoms with Gasteiger partial charge in [0.05, 0.1) is 19.9 Å². The molecule has 0 radical (unpaired) electrons. The Labute approximate surface area is 185 Å². The molecule has 0 fully saturated rings. The molecule has 2 aromatic carbocycles. The summed E-state index contributed by atoms with van der Waals surface area (Å²) in [4.78, 5) is 0. The number of hydrogen-bond donors (Lipinski definition) is 2. The lowest BCUT2D eigenvalue weighted by atomic mass is 9.74. The van der Waals surface area contributed by atoms with Crippen LogP contribution in [0.15, 0.2) is 47.6 Å². The van der Waals surface area contributed by atoms with E-state index >= 15 is 0 Å². The first kappa shape index (κ1) is 25.5. The van der Waals surface area contributed by atoms with Crippen LogP contribution in [-0.2, 0) is 5.41 Å². The maximum absolute atomic E-state index is 14.0. The fourth-order valence-corrected chi connectivity index (χ4v) is 3.49. The molecule has 0 saturated carbocycles. The first-order chi connectivity index (χ1) is 14.8. The van der Waals surface area contributed by atoms with Crippen molar-refractivity contribution < 1.29 is 27.4 Å². The molecule has 0 aromatic heterocycles. The minimum Gasteiger partial charge on any atom is -0.496 e. The summed E-state index contributed by atoms with van der Waals surface area (Å²) < 4.78 is 61.2. The number of hydrogen-bond acceptors (Lipinski definition) is 5. The second-order valence-electron chi connectivity index (χ2n) is 8.47. The number of alkyl halides is 3. The number of para-hydroxylation sites is 1. The van der Waals surface area contributed by atoms with Crippen LogP contribution in [0.5, 0.6) is 5.75 Å². The van der Waals surface area contributed by atoms with Crippen molar-refractivity contribution in [2.45, 2.75) is 37.5 Å². The van der Waals surface area contributed by atoms with Gasteiger partial charge in [-0.3, -0.25) is 0 Å². The van der Waals surface area contributed by atoms with Gasteiger partial charge in [-0.15, -0.1) is 0 Å². The Bertz CT molecular complexity index is 945. The second kappa shape index (κ2) is 9.77. The van der Waals surface area contributed by atoms with Crippen molar-refractivity contribution in [3.63, 3.8) is 0 Å². The molecule has 5 nitrogen and oxygen atoms in total. The van der Waals surface area contributed by atoms with Crippen molar-refractivity contribution in [3.05, 3.63) is 59.4 Å². The van der Waals surface area contributed by atoms with Gasteiger partial charge < -0.3 is 20.2 Å². The zero-order chi connectivity index (χ0) is 24.2. The number of aliphatic hydroxyl groups is 1. The molecule has 2 N–H and O–H groups in total. The molecule has 1 atom stereocenters. The van der Waals surface area contributed by atoms with Gasteiger partial charge in [-0.25, -0.2) is 4.39 Å². The molecule has 0 bridgehead atoms. The first-order valence-electron chi connectivity index (χ1n) is 9.96. The van der Waals surface area contributed by atoms with Crippen molar-refractivity contribution >= 4 is 11.9 Å². The highest BCUT2D eigenvalue weighted by Gasteiger charge is 2.56. The van der Waals surface area contributed by atoms with E-state index in [2.05, 4.69) is 10.4 Å². The van der Waals surface area contributed by atoms with Crippen LogP contribution in [0.3, 0.4) is 0 Å². The molecule has 1 unspecified atom stereocenters. The van der Waals surface area contributed by atoms with E-state index in [0.717, 1.165) is 6.07 Å². The molecule has 0 amide bonds. The number of halogens is 4. The van der Waals surface area contributed by atoms with Crippen molar-refractivity contribution in [1.82, 2.24) is 5.01 Å². The van der Waals surface area contributed by atoms with Crippen LogP contribution in [0.25, 0.3) is 0 Å². The first-order valence-corrected chi connectivity index (χ1v) is 9.96. The largest absolute Gasteiger partial charge is 0.496 e. The van der Waals surface area contributed by atoms with Gasteiger partial charge in [-0.05, 0) is 36.1 Å². The van der Waals surface area contributed by atoms with Gasteiger partial charge in [-0.2, -0.15) is 18.3 Å². The van der Waals surface area contributed by atoms with Crippen molar-refractivity contribution in [2.24, 2.45) is 5.10 Å². The molecule has 2 rings (SSSR count). The predicted molar refractivity (Wildman–Crippen MR) is 118 cm³/mol. The smallest absolute Gasteiger partial charge is 0.418 e. The van der Waals surface area contributed by atoms with Gasteiger partial charge in [0.2, 0.25) is 0 Å². The number of nitrogens with zero attached hydrogens (tertiary/aromatic N) is 2. The van der Waals surface area contributed by atoms with Crippen LogP contribution in [0.2, 0.25) is 0 Å². The summed E-state index contributed by atoms with van der Waals surface area (Å²) in [7, 11) is 4.80. The van der Waals surface area contributed by atoms with Gasteiger partial charge in [0, 0.05) is 30.9 Å². The molecule has 0 aliphatic rings. The minimum atomic E-state index is -4.94. The molecule has 32 heavy (non-hydrogen) atoms. The Morgan fingerprint density at radius 2 is 1.78 bits per heavy atom. The Morgan fingerprint density at radius 1 is 1.12 bits per heavy atom. The average molecular weight is 455 g/mol. The molecule has 0 saturated heterocycles. The Morgan fingerprint density at radius 3 is 2.38 bits per heavy atom. The Balaban J connectivity index is 2.36. The Hall–Kier alpha value is -2.81. The summed E-state index contributed by atoms with van der Waals surface area (Å²) in [6, 6.07) is 10.4. The SMILES string of the molecule is COc1ccc(F)cc1C(C)(C)CC(O)(CNc1ccccc1/C=N\N(C)C)C(F)(F)F. The third-order valence-corrected chi connectivity index (χ3v) is 5.11. The van der Waals surface area contributed by atoms with Crippen LogP contribution in [0.1, 0.15) is 31.4 Å². The molecular formula is C23H29F4N3O2. The van der Waals surface area contributed by atoms with E-state index in [0.29, 0.717) is 11.3 Å². The highest BCUT2D eigenvalue weighted by Crippen LogP contribution is 2.43. The van der Waals surface area contributed by atoms with Crippen LogP contribution in [-0.4, -0.2) is 55.9 Å². The number of hydrazone groups is 1. The van der Waals surface area contributed by atoms with Crippen molar-refractivity contribution in [3.8, 4) is 5.75 Å². The summed E-state index contributed by atoms with van der Waals surface area (Å²) >= 11 is 0. The second-order valence-corrected chi connectivity index (χ2v) is 8.47. The summed E-state index contributed by atoms with van der Waals surface area (Å²) in [5.74, 6) is -0.351. The highest BCUT2D eigenvalue weighted by molar-refractivity contribution is 5.87. The van der Waals surface area contributed by atoms with Gasteiger partial charge >= 0.3 is 6.18 Å². The number of anilines is 1. The molecule has 0 aliphatic carbocycles. The molecular weight excluding hydrogens is 426 g/mol. The number of nitrogens with one attached hydrogen (secondary N) is 1. The van der Waals surface area contributed by atoms with E-state index in [1.165, 1.54) is 39.3 Å². The third kappa shape index (κ3) is 6.12.